The molecule has 4 rings (SSSR count). The Kier molecular flexibility index (Phi) is 5.10. The standard InChI is InChI=1S/C24H15F2N3O/c25-21-11-8-16(12-22(21)26)19-13-23(29-24(28)20(19)14-27)15-6-9-18(10-7-15)30-17-4-2-1-3-5-17/h1-13H,(H2,28,29). The molecule has 0 saturated carbocycles. The minimum absolute atomic E-state index is 0.0133. The van der Waals surface area contributed by atoms with E-state index < -0.39 is 11.6 Å². The van der Waals surface area contributed by atoms with E-state index in [4.69, 9.17) is 10.5 Å². The van der Waals surface area contributed by atoms with Crippen LogP contribution in [0.5, 0.6) is 11.5 Å². The zero-order chi connectivity index (χ0) is 21.1. The lowest BCUT2D eigenvalue weighted by molar-refractivity contribution is 0.483. The first kappa shape index (κ1) is 19.1. The maximum absolute atomic E-state index is 13.7. The van der Waals surface area contributed by atoms with E-state index in [1.807, 2.05) is 36.4 Å². The van der Waals surface area contributed by atoms with Crippen LogP contribution in [0.4, 0.5) is 14.6 Å². The molecule has 0 fully saturated rings. The van der Waals surface area contributed by atoms with Gasteiger partial charge in [0.05, 0.1) is 5.69 Å². The van der Waals surface area contributed by atoms with Crippen LogP contribution in [0.15, 0.2) is 78.9 Å². The van der Waals surface area contributed by atoms with Crippen LogP contribution < -0.4 is 10.5 Å². The van der Waals surface area contributed by atoms with Crippen LogP contribution in [0.1, 0.15) is 5.56 Å². The summed E-state index contributed by atoms with van der Waals surface area (Å²) in [5.41, 5.74) is 8.03. The van der Waals surface area contributed by atoms with E-state index >= 15 is 0 Å². The highest BCUT2D eigenvalue weighted by molar-refractivity contribution is 5.80. The topological polar surface area (TPSA) is 71.9 Å². The van der Waals surface area contributed by atoms with Gasteiger partial charge in [-0.25, -0.2) is 13.8 Å². The highest BCUT2D eigenvalue weighted by atomic mass is 19.2. The van der Waals surface area contributed by atoms with Gasteiger partial charge in [-0.15, -0.1) is 0 Å². The zero-order valence-electron chi connectivity index (χ0n) is 15.6. The highest BCUT2D eigenvalue weighted by Gasteiger charge is 2.15. The summed E-state index contributed by atoms with van der Waals surface area (Å²) in [5.74, 6) is -0.595. The predicted molar refractivity (Wildman–Crippen MR) is 111 cm³/mol. The number of benzene rings is 3. The molecule has 0 spiro atoms. The fourth-order valence-corrected chi connectivity index (χ4v) is 3.04. The number of halogens is 2. The van der Waals surface area contributed by atoms with Crippen molar-refractivity contribution in [2.45, 2.75) is 0 Å². The Balaban J connectivity index is 1.72. The molecule has 4 aromatic rings. The number of para-hydroxylation sites is 1. The van der Waals surface area contributed by atoms with Gasteiger partial charge in [-0.3, -0.25) is 0 Å². The molecule has 0 bridgehead atoms. The number of nitriles is 1. The Bertz CT molecular complexity index is 1250. The first-order valence-electron chi connectivity index (χ1n) is 9.04. The molecule has 146 valence electrons. The average molecular weight is 399 g/mol. The van der Waals surface area contributed by atoms with Gasteiger partial charge in [0.1, 0.15) is 28.9 Å². The smallest absolute Gasteiger partial charge is 0.159 e. The van der Waals surface area contributed by atoms with Crippen molar-refractivity contribution in [1.82, 2.24) is 4.98 Å². The zero-order valence-corrected chi connectivity index (χ0v) is 15.6. The monoisotopic (exact) mass is 399 g/mol. The van der Waals surface area contributed by atoms with Crippen LogP contribution >= 0.6 is 0 Å². The molecule has 0 amide bonds. The van der Waals surface area contributed by atoms with Crippen molar-refractivity contribution >= 4 is 5.82 Å². The molecule has 0 aliphatic heterocycles. The summed E-state index contributed by atoms with van der Waals surface area (Å²) in [7, 11) is 0. The largest absolute Gasteiger partial charge is 0.457 e. The third-order valence-electron chi connectivity index (χ3n) is 4.52. The molecular formula is C24H15F2N3O. The minimum Gasteiger partial charge on any atom is -0.457 e. The van der Waals surface area contributed by atoms with Crippen LogP contribution in [-0.2, 0) is 0 Å². The van der Waals surface area contributed by atoms with E-state index in [0.717, 1.165) is 17.7 Å². The predicted octanol–water partition coefficient (Wildman–Crippen LogP) is 5.94. The first-order valence-corrected chi connectivity index (χ1v) is 9.04. The lowest BCUT2D eigenvalue weighted by Crippen LogP contribution is -2.00. The van der Waals surface area contributed by atoms with Gasteiger partial charge in [0.15, 0.2) is 11.6 Å². The molecule has 2 N–H and O–H groups in total. The van der Waals surface area contributed by atoms with Gasteiger partial charge in [0, 0.05) is 11.1 Å². The van der Waals surface area contributed by atoms with Crippen LogP contribution in [0, 0.1) is 23.0 Å². The fraction of sp³-hybridized carbons (Fsp3) is 0. The van der Waals surface area contributed by atoms with E-state index in [-0.39, 0.29) is 11.4 Å². The summed E-state index contributed by atoms with van der Waals surface area (Å²) in [5, 5.41) is 9.47. The summed E-state index contributed by atoms with van der Waals surface area (Å²) in [6.45, 7) is 0. The van der Waals surface area contributed by atoms with Crippen molar-refractivity contribution in [3.8, 4) is 40.0 Å². The van der Waals surface area contributed by atoms with E-state index in [2.05, 4.69) is 4.98 Å². The van der Waals surface area contributed by atoms with Crippen LogP contribution in [0.3, 0.4) is 0 Å². The quantitative estimate of drug-likeness (QED) is 0.461. The SMILES string of the molecule is N#Cc1c(-c2ccc(F)c(F)c2)cc(-c2ccc(Oc3ccccc3)cc2)nc1N. The molecule has 0 saturated heterocycles. The summed E-state index contributed by atoms with van der Waals surface area (Å²) < 4.78 is 32.8. The second-order valence-corrected chi connectivity index (χ2v) is 6.50. The molecule has 0 radical (unpaired) electrons. The Hall–Kier alpha value is -4.24. The number of hydrogen-bond donors (Lipinski definition) is 1. The maximum Gasteiger partial charge on any atom is 0.159 e. The van der Waals surface area contributed by atoms with E-state index in [1.165, 1.54) is 6.07 Å². The molecular weight excluding hydrogens is 384 g/mol. The van der Waals surface area contributed by atoms with Crippen molar-refractivity contribution < 1.29 is 13.5 Å². The molecule has 3 aromatic carbocycles. The molecule has 0 atom stereocenters. The van der Waals surface area contributed by atoms with Crippen LogP contribution in [0.25, 0.3) is 22.4 Å². The number of hydrogen-bond acceptors (Lipinski definition) is 4. The molecule has 0 unspecified atom stereocenters. The van der Waals surface area contributed by atoms with Gasteiger partial charge in [-0.2, -0.15) is 5.26 Å². The number of nitrogen functional groups attached to an aromatic ring is 1. The summed E-state index contributed by atoms with van der Waals surface area (Å²) in [4.78, 5) is 4.30. The average Bonchev–Trinajstić information content (AvgIpc) is 2.76. The molecule has 6 heteroatoms. The number of ether oxygens (including phenoxy) is 1. The van der Waals surface area contributed by atoms with Crippen LogP contribution in [-0.4, -0.2) is 4.98 Å². The lowest BCUT2D eigenvalue weighted by atomic mass is 9.98. The highest BCUT2D eigenvalue weighted by Crippen LogP contribution is 2.33. The number of rotatable bonds is 4. The lowest BCUT2D eigenvalue weighted by Gasteiger charge is -2.11. The van der Waals surface area contributed by atoms with E-state index in [9.17, 15) is 14.0 Å². The summed E-state index contributed by atoms with van der Waals surface area (Å²) in [6, 6.07) is 23.6. The van der Waals surface area contributed by atoms with Gasteiger partial charge >= 0.3 is 0 Å². The molecule has 1 heterocycles. The molecule has 30 heavy (non-hydrogen) atoms. The van der Waals surface area contributed by atoms with Crippen molar-refractivity contribution in [3.63, 3.8) is 0 Å². The number of anilines is 1. The minimum atomic E-state index is -1.00. The third kappa shape index (κ3) is 3.82. The molecule has 1 aromatic heterocycles. The van der Waals surface area contributed by atoms with Crippen molar-refractivity contribution in [2.24, 2.45) is 0 Å². The maximum atomic E-state index is 13.7. The van der Waals surface area contributed by atoms with Gasteiger partial charge in [-0.1, -0.05) is 24.3 Å². The molecule has 4 nitrogen and oxygen atoms in total. The van der Waals surface area contributed by atoms with Gasteiger partial charge < -0.3 is 10.5 Å². The summed E-state index contributed by atoms with van der Waals surface area (Å²) >= 11 is 0. The van der Waals surface area contributed by atoms with Gasteiger partial charge in [0.25, 0.3) is 0 Å². The number of aromatic nitrogens is 1. The van der Waals surface area contributed by atoms with Crippen molar-refractivity contribution in [2.75, 3.05) is 5.73 Å². The van der Waals surface area contributed by atoms with Crippen LogP contribution in [0.2, 0.25) is 0 Å². The fourth-order valence-electron chi connectivity index (χ4n) is 3.04. The Labute approximate surface area is 171 Å². The molecule has 0 aliphatic rings. The Morgan fingerprint density at radius 1 is 0.800 bits per heavy atom. The normalized spacial score (nSPS) is 10.4. The number of nitrogens with zero attached hydrogens (tertiary/aromatic N) is 2. The number of nitrogens with two attached hydrogens (primary N) is 1. The van der Waals surface area contributed by atoms with E-state index in [0.29, 0.717) is 28.3 Å². The summed E-state index contributed by atoms with van der Waals surface area (Å²) in [6.07, 6.45) is 0. The number of pyridine rings is 1. The van der Waals surface area contributed by atoms with Crippen molar-refractivity contribution in [3.05, 3.63) is 96.1 Å². The molecule has 0 aliphatic carbocycles. The Morgan fingerprint density at radius 3 is 2.13 bits per heavy atom. The third-order valence-corrected chi connectivity index (χ3v) is 4.52. The van der Waals surface area contributed by atoms with Crippen molar-refractivity contribution in [1.29, 1.82) is 5.26 Å². The second-order valence-electron chi connectivity index (χ2n) is 6.50. The van der Waals surface area contributed by atoms with E-state index in [1.54, 1.807) is 30.3 Å². The van der Waals surface area contributed by atoms with Gasteiger partial charge in [-0.05, 0) is 60.2 Å². The Morgan fingerprint density at radius 2 is 1.47 bits per heavy atom. The first-order chi connectivity index (χ1) is 14.5. The second kappa shape index (κ2) is 8.02. The van der Waals surface area contributed by atoms with Gasteiger partial charge in [0.2, 0.25) is 0 Å².